The van der Waals surface area contributed by atoms with E-state index in [1.807, 2.05) is 6.07 Å². The summed E-state index contributed by atoms with van der Waals surface area (Å²) in [5.74, 6) is 0.283. The Balaban J connectivity index is 2.14. The van der Waals surface area contributed by atoms with Gasteiger partial charge in [-0.15, -0.1) is 0 Å². The Morgan fingerprint density at radius 2 is 1.29 bits per heavy atom. The normalized spacial score (nSPS) is 22.2. The third-order valence-electron chi connectivity index (χ3n) is 3.33. The van der Waals surface area contributed by atoms with E-state index < -0.39 is 0 Å². The van der Waals surface area contributed by atoms with Crippen LogP contribution in [0.15, 0.2) is 54.6 Å². The maximum Gasteiger partial charge on any atom is 0.0338 e. The average Bonchev–Trinajstić information content (AvgIpc) is 2.39. The lowest BCUT2D eigenvalue weighted by Crippen LogP contribution is -2.38. The van der Waals surface area contributed by atoms with Crippen LogP contribution < -0.4 is 16.2 Å². The predicted octanol–water partition coefficient (Wildman–Crippen LogP) is 1.37. The van der Waals surface area contributed by atoms with E-state index in [0.29, 0.717) is 0 Å². The molecule has 1 aliphatic carbocycles. The lowest BCUT2D eigenvalue weighted by molar-refractivity contribution is 0.771. The fraction of sp³-hybridized carbons (Fsp3) is 0.125. The molecule has 1 nitrogen and oxygen atoms in total. The summed E-state index contributed by atoms with van der Waals surface area (Å²) in [6.07, 6.45) is 4.43. The van der Waals surface area contributed by atoms with Gasteiger partial charge >= 0.3 is 0 Å². The Labute approximate surface area is 101 Å². The van der Waals surface area contributed by atoms with Gasteiger partial charge in [-0.2, -0.15) is 0 Å². The first kappa shape index (κ1) is 10.3. The van der Waals surface area contributed by atoms with Crippen molar-refractivity contribution in [3.63, 3.8) is 0 Å². The van der Waals surface area contributed by atoms with Crippen LogP contribution >= 0.6 is 0 Å². The molecule has 0 aliphatic heterocycles. The van der Waals surface area contributed by atoms with Crippen LogP contribution in [-0.2, 0) is 0 Å². The van der Waals surface area contributed by atoms with Gasteiger partial charge in [-0.25, -0.2) is 0 Å². The molecule has 0 aromatic heterocycles. The molecule has 2 unspecified atom stereocenters. The zero-order chi connectivity index (χ0) is 11.7. The number of fused-ring (bicyclic) bond motifs is 1. The maximum absolute atomic E-state index is 6.24. The molecule has 2 atom stereocenters. The molecule has 0 fully saturated rings. The van der Waals surface area contributed by atoms with E-state index in [9.17, 15) is 0 Å². The van der Waals surface area contributed by atoms with Crippen LogP contribution in [-0.4, -0.2) is 6.04 Å². The van der Waals surface area contributed by atoms with Crippen LogP contribution in [0, 0.1) is 0 Å². The quantitative estimate of drug-likeness (QED) is 0.773. The Bertz CT molecular complexity index is 628. The second-order valence-corrected chi connectivity index (χ2v) is 4.48. The molecule has 0 spiro atoms. The molecular weight excluding hydrogens is 206 g/mol. The van der Waals surface area contributed by atoms with Crippen molar-refractivity contribution in [2.75, 3.05) is 0 Å². The van der Waals surface area contributed by atoms with Crippen molar-refractivity contribution in [1.82, 2.24) is 0 Å². The van der Waals surface area contributed by atoms with Gasteiger partial charge in [0.2, 0.25) is 0 Å². The summed E-state index contributed by atoms with van der Waals surface area (Å²) < 4.78 is 0. The van der Waals surface area contributed by atoms with E-state index in [1.165, 1.54) is 16.0 Å². The van der Waals surface area contributed by atoms with E-state index in [4.69, 9.17) is 5.73 Å². The molecule has 0 amide bonds. The lowest BCUT2D eigenvalue weighted by atomic mass is 9.87. The summed E-state index contributed by atoms with van der Waals surface area (Å²) in [6, 6.07) is 18.9. The van der Waals surface area contributed by atoms with Crippen molar-refractivity contribution < 1.29 is 0 Å². The summed E-state index contributed by atoms with van der Waals surface area (Å²) in [6.45, 7) is 0. The monoisotopic (exact) mass is 221 g/mol. The average molecular weight is 221 g/mol. The summed E-state index contributed by atoms with van der Waals surface area (Å²) in [7, 11) is 0. The van der Waals surface area contributed by atoms with Gasteiger partial charge in [-0.1, -0.05) is 66.7 Å². The minimum absolute atomic E-state index is 0.0623. The SMILES string of the molecule is NC1C=c2ccccc2=CC1c1ccccc1. The lowest BCUT2D eigenvalue weighted by Gasteiger charge is -2.21. The molecule has 0 saturated heterocycles. The number of benzene rings is 2. The van der Waals surface area contributed by atoms with Gasteiger partial charge in [0.05, 0.1) is 0 Å². The molecule has 0 heterocycles. The first-order chi connectivity index (χ1) is 8.34. The summed E-state index contributed by atoms with van der Waals surface area (Å²) >= 11 is 0. The van der Waals surface area contributed by atoms with Crippen LogP contribution in [0.5, 0.6) is 0 Å². The zero-order valence-electron chi connectivity index (χ0n) is 9.58. The number of hydrogen-bond donors (Lipinski definition) is 1. The Kier molecular flexibility index (Phi) is 2.54. The highest BCUT2D eigenvalue weighted by Gasteiger charge is 2.17. The maximum atomic E-state index is 6.24. The molecule has 2 aromatic carbocycles. The number of nitrogens with two attached hydrogens (primary N) is 1. The van der Waals surface area contributed by atoms with E-state index in [-0.39, 0.29) is 12.0 Å². The predicted molar refractivity (Wildman–Crippen MR) is 71.8 cm³/mol. The first-order valence-corrected chi connectivity index (χ1v) is 5.94. The van der Waals surface area contributed by atoms with E-state index in [0.717, 1.165) is 0 Å². The molecule has 2 N–H and O–H groups in total. The molecule has 17 heavy (non-hydrogen) atoms. The fourth-order valence-electron chi connectivity index (χ4n) is 2.42. The molecule has 1 aliphatic rings. The van der Waals surface area contributed by atoms with Crippen LogP contribution in [0.1, 0.15) is 11.5 Å². The van der Waals surface area contributed by atoms with E-state index in [2.05, 4.69) is 60.7 Å². The third-order valence-corrected chi connectivity index (χ3v) is 3.33. The fourth-order valence-corrected chi connectivity index (χ4v) is 2.42. The summed E-state index contributed by atoms with van der Waals surface area (Å²) in [5.41, 5.74) is 7.52. The molecule has 2 aromatic rings. The Morgan fingerprint density at radius 3 is 2.00 bits per heavy atom. The largest absolute Gasteiger partial charge is 0.324 e. The van der Waals surface area contributed by atoms with Gasteiger partial charge in [0.15, 0.2) is 0 Å². The van der Waals surface area contributed by atoms with Crippen LogP contribution in [0.4, 0.5) is 0 Å². The van der Waals surface area contributed by atoms with Gasteiger partial charge in [0, 0.05) is 12.0 Å². The second-order valence-electron chi connectivity index (χ2n) is 4.48. The smallest absolute Gasteiger partial charge is 0.0338 e. The summed E-state index contributed by atoms with van der Waals surface area (Å²) in [4.78, 5) is 0. The molecular formula is C16H15N. The zero-order valence-corrected chi connectivity index (χ0v) is 9.58. The van der Waals surface area contributed by atoms with Crippen molar-refractivity contribution in [3.05, 3.63) is 70.6 Å². The van der Waals surface area contributed by atoms with Crippen molar-refractivity contribution in [1.29, 1.82) is 0 Å². The van der Waals surface area contributed by atoms with Crippen molar-refractivity contribution in [2.24, 2.45) is 5.73 Å². The topological polar surface area (TPSA) is 26.0 Å². The molecule has 84 valence electrons. The van der Waals surface area contributed by atoms with Crippen LogP contribution in [0.2, 0.25) is 0 Å². The third kappa shape index (κ3) is 1.90. The standard InChI is InChI=1S/C16H15N/c17-16-11-14-9-5-4-8-13(14)10-15(16)12-6-2-1-3-7-12/h1-11,15-16H,17H2. The van der Waals surface area contributed by atoms with Gasteiger partial charge < -0.3 is 5.73 Å². The van der Waals surface area contributed by atoms with Crippen molar-refractivity contribution in [2.45, 2.75) is 12.0 Å². The minimum atomic E-state index is 0.0623. The van der Waals surface area contributed by atoms with Crippen molar-refractivity contribution >= 4 is 12.2 Å². The van der Waals surface area contributed by atoms with E-state index in [1.54, 1.807) is 0 Å². The molecule has 0 radical (unpaired) electrons. The summed E-state index contributed by atoms with van der Waals surface area (Å²) in [5, 5.41) is 2.52. The number of rotatable bonds is 1. The molecule has 0 bridgehead atoms. The van der Waals surface area contributed by atoms with Crippen LogP contribution in [0.3, 0.4) is 0 Å². The Morgan fingerprint density at radius 1 is 0.706 bits per heavy atom. The van der Waals surface area contributed by atoms with Gasteiger partial charge in [0.1, 0.15) is 0 Å². The van der Waals surface area contributed by atoms with Gasteiger partial charge in [0.25, 0.3) is 0 Å². The second kappa shape index (κ2) is 4.19. The Hall–Kier alpha value is -1.86. The molecule has 3 rings (SSSR count). The van der Waals surface area contributed by atoms with Crippen LogP contribution in [0.25, 0.3) is 12.2 Å². The first-order valence-electron chi connectivity index (χ1n) is 5.94. The minimum Gasteiger partial charge on any atom is -0.324 e. The highest BCUT2D eigenvalue weighted by molar-refractivity contribution is 5.52. The molecule has 1 heteroatoms. The number of hydrogen-bond acceptors (Lipinski definition) is 1. The van der Waals surface area contributed by atoms with Gasteiger partial charge in [-0.3, -0.25) is 0 Å². The van der Waals surface area contributed by atoms with Crippen molar-refractivity contribution in [3.8, 4) is 0 Å². The highest BCUT2D eigenvalue weighted by atomic mass is 14.6. The van der Waals surface area contributed by atoms with Gasteiger partial charge in [-0.05, 0) is 16.0 Å². The highest BCUT2D eigenvalue weighted by Crippen LogP contribution is 2.21. The van der Waals surface area contributed by atoms with E-state index >= 15 is 0 Å². The molecule has 0 saturated carbocycles.